The molecular formula is C26H18N4S3. The fourth-order valence-electron chi connectivity index (χ4n) is 5.71. The van der Waals surface area contributed by atoms with E-state index in [2.05, 4.69) is 71.5 Å². The first-order valence-electron chi connectivity index (χ1n) is 11.2. The van der Waals surface area contributed by atoms with Crippen LogP contribution >= 0.6 is 34.4 Å². The topological polar surface area (TPSA) is 35.6 Å². The van der Waals surface area contributed by atoms with Crippen molar-refractivity contribution in [3.8, 4) is 0 Å². The molecule has 0 N–H and O–H groups in total. The zero-order valence-corrected chi connectivity index (χ0v) is 20.5. The smallest absolute Gasteiger partial charge is 0.115 e. The van der Waals surface area contributed by atoms with Gasteiger partial charge in [0.05, 0.1) is 22.8 Å². The first kappa shape index (κ1) is 18.4. The van der Waals surface area contributed by atoms with E-state index in [1.807, 2.05) is 22.7 Å². The molecule has 7 heteroatoms. The number of nitrogens with zero attached hydrogens (tertiary/aromatic N) is 4. The zero-order valence-electron chi connectivity index (χ0n) is 18.0. The molecule has 3 aromatic carbocycles. The standard InChI is InChI=1S/C26H18N4S3/c1-3-29-23-19(17-13-9-5-7-11-15(13)31-25(17)29)21-22(28-33-27-21)20-18-14-10-6-8-12-16(14)32-26(18)30(4-2)24(20)23/h5-12H,3-4H2,1-2H3. The Bertz CT molecular complexity index is 1910. The second-order valence-corrected chi connectivity index (χ2v) is 11.0. The summed E-state index contributed by atoms with van der Waals surface area (Å²) < 4.78 is 17.5. The number of hydrogen-bond donors (Lipinski definition) is 0. The zero-order chi connectivity index (χ0) is 21.8. The van der Waals surface area contributed by atoms with E-state index >= 15 is 0 Å². The van der Waals surface area contributed by atoms with Crippen LogP contribution < -0.4 is 0 Å². The lowest BCUT2D eigenvalue weighted by Crippen LogP contribution is -1.98. The molecule has 0 saturated carbocycles. The second-order valence-electron chi connectivity index (χ2n) is 8.45. The van der Waals surface area contributed by atoms with Crippen LogP contribution in [0.15, 0.2) is 48.5 Å². The molecule has 0 saturated heterocycles. The first-order chi connectivity index (χ1) is 16.3. The Balaban J connectivity index is 1.78. The van der Waals surface area contributed by atoms with E-state index in [0.29, 0.717) is 0 Å². The van der Waals surface area contributed by atoms with Gasteiger partial charge in [0.25, 0.3) is 0 Å². The van der Waals surface area contributed by atoms with Gasteiger partial charge in [0.2, 0.25) is 0 Å². The molecule has 0 spiro atoms. The highest BCUT2D eigenvalue weighted by Gasteiger charge is 2.28. The van der Waals surface area contributed by atoms with Crippen LogP contribution in [0, 0.1) is 0 Å². The number of thiophene rings is 2. The minimum absolute atomic E-state index is 0.925. The summed E-state index contributed by atoms with van der Waals surface area (Å²) in [6.07, 6.45) is 0. The van der Waals surface area contributed by atoms with Crippen molar-refractivity contribution in [2.24, 2.45) is 0 Å². The first-order valence-corrected chi connectivity index (χ1v) is 13.6. The van der Waals surface area contributed by atoms with E-state index in [1.54, 1.807) is 0 Å². The Morgan fingerprint density at radius 3 is 1.55 bits per heavy atom. The van der Waals surface area contributed by atoms with Crippen molar-refractivity contribution in [3.63, 3.8) is 0 Å². The Morgan fingerprint density at radius 2 is 1.09 bits per heavy atom. The molecule has 0 atom stereocenters. The maximum absolute atomic E-state index is 4.90. The van der Waals surface area contributed by atoms with Gasteiger partial charge in [-0.1, -0.05) is 36.4 Å². The predicted molar refractivity (Wildman–Crippen MR) is 146 cm³/mol. The van der Waals surface area contributed by atoms with Crippen LogP contribution in [0.4, 0.5) is 0 Å². The van der Waals surface area contributed by atoms with Crippen molar-refractivity contribution in [1.82, 2.24) is 17.9 Å². The van der Waals surface area contributed by atoms with E-state index in [9.17, 15) is 0 Å². The summed E-state index contributed by atoms with van der Waals surface area (Å²) in [7, 11) is 0. The van der Waals surface area contributed by atoms with E-state index < -0.39 is 0 Å². The second kappa shape index (κ2) is 6.32. The number of fused-ring (bicyclic) bond motifs is 14. The highest BCUT2D eigenvalue weighted by Crippen LogP contribution is 2.50. The predicted octanol–water partition coefficient (Wildman–Crippen LogP) is 8.38. The Labute approximate surface area is 200 Å². The van der Waals surface area contributed by atoms with Crippen LogP contribution in [0.25, 0.3) is 73.4 Å². The van der Waals surface area contributed by atoms with Gasteiger partial charge in [-0.25, -0.2) is 0 Å². The third-order valence-electron chi connectivity index (χ3n) is 6.98. The van der Waals surface area contributed by atoms with Crippen molar-refractivity contribution < 1.29 is 0 Å². The summed E-state index contributed by atoms with van der Waals surface area (Å²) in [6, 6.07) is 17.6. The summed E-state index contributed by atoms with van der Waals surface area (Å²) in [5.41, 5.74) is 4.73. The third kappa shape index (κ3) is 2.07. The molecule has 33 heavy (non-hydrogen) atoms. The van der Waals surface area contributed by atoms with Crippen LogP contribution in [0.3, 0.4) is 0 Å². The summed E-state index contributed by atoms with van der Waals surface area (Å²) >= 11 is 5.13. The molecule has 0 aliphatic carbocycles. The van der Waals surface area contributed by atoms with Gasteiger partial charge in [0, 0.05) is 54.8 Å². The Hall–Kier alpha value is -3.00. The lowest BCUT2D eigenvalue weighted by Gasteiger charge is -2.09. The van der Waals surface area contributed by atoms with E-state index in [1.165, 1.54) is 74.1 Å². The van der Waals surface area contributed by atoms with Gasteiger partial charge < -0.3 is 9.13 Å². The average molecular weight is 483 g/mol. The molecule has 0 radical (unpaired) electrons. The van der Waals surface area contributed by atoms with Gasteiger partial charge >= 0.3 is 0 Å². The molecule has 0 aliphatic heterocycles. The van der Waals surface area contributed by atoms with Gasteiger partial charge in [-0.05, 0) is 26.0 Å². The van der Waals surface area contributed by atoms with Crippen molar-refractivity contribution in [2.45, 2.75) is 26.9 Å². The van der Waals surface area contributed by atoms with Gasteiger partial charge in [-0.2, -0.15) is 8.75 Å². The summed E-state index contributed by atoms with van der Waals surface area (Å²) in [5.74, 6) is 0. The van der Waals surface area contributed by atoms with E-state index in [4.69, 9.17) is 8.75 Å². The van der Waals surface area contributed by atoms with E-state index in [0.717, 1.165) is 24.1 Å². The summed E-state index contributed by atoms with van der Waals surface area (Å²) in [4.78, 5) is 2.68. The van der Waals surface area contributed by atoms with E-state index in [-0.39, 0.29) is 0 Å². The van der Waals surface area contributed by atoms with Crippen molar-refractivity contribution in [3.05, 3.63) is 48.5 Å². The number of benzene rings is 3. The van der Waals surface area contributed by atoms with Crippen LogP contribution in [0.2, 0.25) is 0 Å². The monoisotopic (exact) mass is 482 g/mol. The average Bonchev–Trinajstić information content (AvgIpc) is 3.62. The van der Waals surface area contributed by atoms with Gasteiger partial charge in [-0.15, -0.1) is 22.7 Å². The van der Waals surface area contributed by atoms with Gasteiger partial charge in [-0.3, -0.25) is 0 Å². The molecule has 4 nitrogen and oxygen atoms in total. The molecule has 0 fully saturated rings. The van der Waals surface area contributed by atoms with Crippen molar-refractivity contribution >= 4 is 108 Å². The Morgan fingerprint density at radius 1 is 0.636 bits per heavy atom. The molecule has 8 aromatic rings. The molecule has 0 unspecified atom stereocenters. The number of hydrogen-bond acceptors (Lipinski definition) is 5. The fraction of sp³-hybridized carbons (Fsp3) is 0.154. The maximum atomic E-state index is 4.90. The maximum Gasteiger partial charge on any atom is 0.115 e. The number of aromatic nitrogens is 4. The highest BCUT2D eigenvalue weighted by molar-refractivity contribution is 7.26. The largest absolute Gasteiger partial charge is 0.331 e. The van der Waals surface area contributed by atoms with Crippen molar-refractivity contribution in [1.29, 1.82) is 0 Å². The lowest BCUT2D eigenvalue weighted by molar-refractivity contribution is 0.814. The SMILES string of the molecule is CCn1c2sc3ccccc3c2c2c3nsnc3c3c4c5ccccc5sc4n(CC)c3c21. The van der Waals surface area contributed by atoms with Crippen molar-refractivity contribution in [2.75, 3.05) is 0 Å². The molecule has 5 heterocycles. The molecular weight excluding hydrogens is 465 g/mol. The Kier molecular flexibility index (Phi) is 3.53. The normalized spacial score (nSPS) is 12.8. The quantitative estimate of drug-likeness (QED) is 0.248. The van der Waals surface area contributed by atoms with Crippen LogP contribution in [-0.4, -0.2) is 17.9 Å². The number of aryl methyl sites for hydroxylation is 2. The van der Waals surface area contributed by atoms with Gasteiger partial charge in [0.1, 0.15) is 20.7 Å². The molecule has 5 aromatic heterocycles. The molecule has 0 aliphatic rings. The third-order valence-corrected chi connectivity index (χ3v) is 9.89. The molecule has 0 amide bonds. The van der Waals surface area contributed by atoms with Crippen LogP contribution in [-0.2, 0) is 13.1 Å². The minimum Gasteiger partial charge on any atom is -0.331 e. The van der Waals surface area contributed by atoms with Gasteiger partial charge in [0.15, 0.2) is 0 Å². The highest BCUT2D eigenvalue weighted by atomic mass is 32.1. The molecule has 160 valence electrons. The van der Waals surface area contributed by atoms with Crippen LogP contribution in [0.1, 0.15) is 13.8 Å². The fourth-order valence-corrected chi connectivity index (χ4v) is 8.83. The lowest BCUT2D eigenvalue weighted by atomic mass is 10.0. The number of rotatable bonds is 2. The minimum atomic E-state index is 0.925. The summed E-state index contributed by atoms with van der Waals surface area (Å²) in [5, 5.41) is 7.86. The van der Waals surface area contributed by atoms with Crippen LogP contribution in [0.5, 0.6) is 0 Å². The summed E-state index contributed by atoms with van der Waals surface area (Å²) in [6.45, 7) is 6.37. The molecule has 8 rings (SSSR count). The molecule has 0 bridgehead atoms.